The molecule has 0 aliphatic carbocycles. The third-order valence-corrected chi connectivity index (χ3v) is 12.5. The van der Waals surface area contributed by atoms with Gasteiger partial charge in [-0.1, -0.05) is 140 Å². The van der Waals surface area contributed by atoms with Crippen LogP contribution in [0, 0.1) is 0 Å². The van der Waals surface area contributed by atoms with Gasteiger partial charge in [0, 0.05) is 69.7 Å². The number of amidine groups is 2. The van der Waals surface area contributed by atoms with Crippen LogP contribution in [0.1, 0.15) is 22.9 Å². The molecule has 0 saturated heterocycles. The molecule has 5 nitrogen and oxygen atoms in total. The van der Waals surface area contributed by atoms with Crippen molar-refractivity contribution in [3.05, 3.63) is 199 Å². The Bertz CT molecular complexity index is 3450. The summed E-state index contributed by atoms with van der Waals surface area (Å²) in [5, 5.41) is 10.7. The third kappa shape index (κ3) is 5.01. The maximum absolute atomic E-state index is 6.60. The van der Waals surface area contributed by atoms with Gasteiger partial charge < -0.3 is 14.3 Å². The molecule has 1 aliphatic rings. The zero-order valence-electron chi connectivity index (χ0n) is 30.6. The summed E-state index contributed by atoms with van der Waals surface area (Å²) in [7, 11) is 0. The number of aromatic nitrogens is 1. The van der Waals surface area contributed by atoms with E-state index in [-0.39, 0.29) is 6.17 Å². The Balaban J connectivity index is 1.08. The van der Waals surface area contributed by atoms with Crippen molar-refractivity contribution in [1.82, 2.24) is 9.88 Å². The zero-order valence-corrected chi connectivity index (χ0v) is 31.4. The number of hydrogen-bond acceptors (Lipinski definition) is 5. The Morgan fingerprint density at radius 1 is 0.544 bits per heavy atom. The van der Waals surface area contributed by atoms with Crippen molar-refractivity contribution in [2.24, 2.45) is 9.98 Å². The number of aliphatic imine (C=N–C) groups is 2. The summed E-state index contributed by atoms with van der Waals surface area (Å²) in [5.41, 5.74) is 10.4. The molecule has 268 valence electrons. The fourth-order valence-corrected chi connectivity index (χ4v) is 9.97. The van der Waals surface area contributed by atoms with Gasteiger partial charge >= 0.3 is 0 Å². The predicted octanol–water partition coefficient (Wildman–Crippen LogP) is 13.2. The lowest BCUT2D eigenvalue weighted by Crippen LogP contribution is -2.33. The monoisotopic (exact) mass is 748 g/mol. The summed E-state index contributed by atoms with van der Waals surface area (Å²) >= 11 is 1.82. The second kappa shape index (κ2) is 12.6. The van der Waals surface area contributed by atoms with E-state index in [1.165, 1.54) is 42.0 Å². The van der Waals surface area contributed by atoms with E-state index in [9.17, 15) is 0 Å². The van der Waals surface area contributed by atoms with Crippen molar-refractivity contribution < 1.29 is 4.42 Å². The maximum atomic E-state index is 6.60. The molecule has 1 N–H and O–H groups in total. The summed E-state index contributed by atoms with van der Waals surface area (Å²) in [6.45, 7) is 0. The second-order valence-electron chi connectivity index (χ2n) is 14.5. The normalized spacial score (nSPS) is 14.5. The standard InChI is InChI=1S/C51H32N4OS/c1-3-14-31(15-4-1)49-52-50(54-51(53-49)40-24-12-22-38-36-19-8-10-27-45(36)57-48(38)40)39-23-13-26-44-46(39)41-30-32(28-29-43(41)56-44)34-20-11-21-37-35-18-7-9-25-42(35)55(47(34)37)33-16-5-2-6-17-33/h1-30,51H,(H,52,53,54). The third-order valence-electron chi connectivity index (χ3n) is 11.3. The Morgan fingerprint density at radius 2 is 1.26 bits per heavy atom. The van der Waals surface area contributed by atoms with Crippen LogP contribution in [-0.4, -0.2) is 16.2 Å². The van der Waals surface area contributed by atoms with E-state index >= 15 is 0 Å². The molecule has 0 fully saturated rings. The van der Waals surface area contributed by atoms with Crippen LogP contribution in [0.15, 0.2) is 196 Å². The van der Waals surface area contributed by atoms with Gasteiger partial charge in [0.15, 0.2) is 5.84 Å². The van der Waals surface area contributed by atoms with Crippen LogP contribution in [-0.2, 0) is 0 Å². The number of benzene rings is 8. The molecule has 11 aromatic rings. The molecule has 0 spiro atoms. The number of rotatable bonds is 5. The Hall–Kier alpha value is -7.28. The number of furan rings is 1. The number of nitrogens with one attached hydrogen (secondary N) is 1. The molecule has 57 heavy (non-hydrogen) atoms. The first-order chi connectivity index (χ1) is 28.3. The summed E-state index contributed by atoms with van der Waals surface area (Å²) in [5.74, 6) is 1.45. The largest absolute Gasteiger partial charge is 0.456 e. The predicted molar refractivity (Wildman–Crippen MR) is 238 cm³/mol. The highest BCUT2D eigenvalue weighted by Gasteiger charge is 2.26. The lowest BCUT2D eigenvalue weighted by atomic mass is 9.98. The lowest BCUT2D eigenvalue weighted by molar-refractivity contribution is 0.668. The van der Waals surface area contributed by atoms with Crippen LogP contribution in [0.3, 0.4) is 0 Å². The van der Waals surface area contributed by atoms with Gasteiger partial charge in [-0.05, 0) is 48.0 Å². The molecule has 4 heterocycles. The summed E-state index contributed by atoms with van der Waals surface area (Å²) in [4.78, 5) is 10.7. The summed E-state index contributed by atoms with van der Waals surface area (Å²) < 4.78 is 11.5. The van der Waals surface area contributed by atoms with Crippen LogP contribution in [0.4, 0.5) is 0 Å². The SMILES string of the molecule is c1ccc(C2=NC(c3cccc4oc5ccc(-c6cccc7c8ccccc8n(-c8ccccc8)c67)cc5c34)=NC(c3cccc4c3sc3ccccc34)N2)cc1. The molecule has 0 bridgehead atoms. The van der Waals surface area contributed by atoms with Crippen LogP contribution in [0.25, 0.3) is 80.7 Å². The average molecular weight is 749 g/mol. The topological polar surface area (TPSA) is 54.8 Å². The first-order valence-electron chi connectivity index (χ1n) is 19.2. The average Bonchev–Trinajstić information content (AvgIpc) is 3.96. The smallest absolute Gasteiger partial charge is 0.160 e. The second-order valence-corrected chi connectivity index (χ2v) is 15.6. The first kappa shape index (κ1) is 32.0. The highest BCUT2D eigenvalue weighted by Crippen LogP contribution is 2.42. The van der Waals surface area contributed by atoms with Crippen molar-refractivity contribution >= 4 is 86.9 Å². The van der Waals surface area contributed by atoms with Crippen LogP contribution in [0.2, 0.25) is 0 Å². The molecule has 8 aromatic carbocycles. The molecule has 0 saturated carbocycles. The highest BCUT2D eigenvalue weighted by molar-refractivity contribution is 7.26. The number of para-hydroxylation sites is 3. The molecule has 3 aromatic heterocycles. The van der Waals surface area contributed by atoms with Gasteiger partial charge in [-0.15, -0.1) is 11.3 Å². The Kier molecular flexibility index (Phi) is 7.09. The van der Waals surface area contributed by atoms with E-state index < -0.39 is 0 Å². The Labute approximate surface area is 331 Å². The molecule has 1 aliphatic heterocycles. The van der Waals surface area contributed by atoms with Crippen molar-refractivity contribution in [3.63, 3.8) is 0 Å². The van der Waals surface area contributed by atoms with Gasteiger partial charge in [-0.25, -0.2) is 9.98 Å². The minimum absolute atomic E-state index is 0.356. The van der Waals surface area contributed by atoms with Crippen LogP contribution >= 0.6 is 11.3 Å². The number of hydrogen-bond donors (Lipinski definition) is 1. The van der Waals surface area contributed by atoms with Crippen molar-refractivity contribution in [2.75, 3.05) is 0 Å². The molecule has 0 radical (unpaired) electrons. The van der Waals surface area contributed by atoms with Crippen molar-refractivity contribution in [1.29, 1.82) is 0 Å². The van der Waals surface area contributed by atoms with Crippen LogP contribution < -0.4 is 5.32 Å². The van der Waals surface area contributed by atoms with E-state index in [4.69, 9.17) is 14.4 Å². The fourth-order valence-electron chi connectivity index (χ4n) is 8.73. The number of thiophene rings is 1. The van der Waals surface area contributed by atoms with Crippen LogP contribution in [0.5, 0.6) is 0 Å². The van der Waals surface area contributed by atoms with Gasteiger partial charge in [0.25, 0.3) is 0 Å². The van der Waals surface area contributed by atoms with Gasteiger partial charge in [-0.2, -0.15) is 0 Å². The number of fused-ring (bicyclic) bond motifs is 9. The minimum Gasteiger partial charge on any atom is -0.456 e. The fraction of sp³-hybridized carbons (Fsp3) is 0.0196. The molecule has 1 unspecified atom stereocenters. The minimum atomic E-state index is -0.356. The van der Waals surface area contributed by atoms with E-state index in [0.717, 1.165) is 61.3 Å². The molecule has 6 heteroatoms. The maximum Gasteiger partial charge on any atom is 0.160 e. The summed E-state index contributed by atoms with van der Waals surface area (Å²) in [6, 6.07) is 64.3. The van der Waals surface area contributed by atoms with Gasteiger partial charge in [0.2, 0.25) is 0 Å². The van der Waals surface area contributed by atoms with E-state index in [2.05, 4.69) is 174 Å². The quantitative estimate of drug-likeness (QED) is 0.191. The van der Waals surface area contributed by atoms with Gasteiger partial charge in [-0.3, -0.25) is 0 Å². The van der Waals surface area contributed by atoms with E-state index in [1.807, 2.05) is 29.5 Å². The lowest BCUT2D eigenvalue weighted by Gasteiger charge is -2.24. The zero-order chi connectivity index (χ0) is 37.5. The van der Waals surface area contributed by atoms with Crippen molar-refractivity contribution in [3.8, 4) is 16.8 Å². The number of nitrogens with zero attached hydrogens (tertiary/aromatic N) is 3. The van der Waals surface area contributed by atoms with E-state index in [0.29, 0.717) is 5.84 Å². The van der Waals surface area contributed by atoms with E-state index in [1.54, 1.807) is 0 Å². The molecular formula is C51H32N4OS. The van der Waals surface area contributed by atoms with Gasteiger partial charge in [0.1, 0.15) is 23.2 Å². The van der Waals surface area contributed by atoms with Gasteiger partial charge in [0.05, 0.1) is 11.0 Å². The highest BCUT2D eigenvalue weighted by atomic mass is 32.1. The Morgan fingerprint density at radius 3 is 2.16 bits per heavy atom. The molecule has 0 amide bonds. The van der Waals surface area contributed by atoms with Crippen molar-refractivity contribution in [2.45, 2.75) is 6.17 Å². The molecular weight excluding hydrogens is 717 g/mol. The molecule has 12 rings (SSSR count). The first-order valence-corrected chi connectivity index (χ1v) is 20.0. The molecule has 1 atom stereocenters. The summed E-state index contributed by atoms with van der Waals surface area (Å²) in [6.07, 6.45) is -0.356.